The van der Waals surface area contributed by atoms with Crippen LogP contribution in [-0.2, 0) is 0 Å². The number of rotatable bonds is 0. The van der Waals surface area contributed by atoms with Crippen LogP contribution in [0, 0.1) is 0 Å². The smallest absolute Gasteiger partial charge is 0.0267 e. The fourth-order valence-corrected chi connectivity index (χ4v) is 0.313. The minimum Gasteiger partial charge on any atom is -0.265 e. The van der Waals surface area contributed by atoms with Crippen molar-refractivity contribution in [2.75, 3.05) is 0 Å². The fourth-order valence-electron chi connectivity index (χ4n) is 0.313. The van der Waals surface area contributed by atoms with E-state index in [0.29, 0.717) is 0 Å². The summed E-state index contributed by atoms with van der Waals surface area (Å²) in [5.41, 5.74) is 0. The molecule has 0 aliphatic carbocycles. The summed E-state index contributed by atoms with van der Waals surface area (Å²) in [6.07, 6.45) is 3.50. The zero-order valence-electron chi connectivity index (χ0n) is 5.25. The molecule has 1 aromatic rings. The second kappa shape index (κ2) is 10.9. The molecule has 1 aromatic heterocycles. The topological polar surface area (TPSA) is 47.9 Å². The SMILES string of the molecule is N.S.[AsH3].c1ccncc1. The first-order valence-corrected chi connectivity index (χ1v) is 1.85. The van der Waals surface area contributed by atoms with Gasteiger partial charge in [0.25, 0.3) is 0 Å². The summed E-state index contributed by atoms with van der Waals surface area (Å²) in [7, 11) is 0. The monoisotopic (exact) mass is 208 g/mol. The summed E-state index contributed by atoms with van der Waals surface area (Å²) < 4.78 is 0. The van der Waals surface area contributed by atoms with Gasteiger partial charge in [0.05, 0.1) is 0 Å². The van der Waals surface area contributed by atoms with E-state index in [1.807, 2.05) is 18.2 Å². The molecule has 4 heteroatoms. The molecule has 0 bridgehead atoms. The van der Waals surface area contributed by atoms with Gasteiger partial charge in [-0.3, -0.25) is 4.98 Å². The van der Waals surface area contributed by atoms with Crippen molar-refractivity contribution in [2.45, 2.75) is 0 Å². The van der Waals surface area contributed by atoms with Crippen LogP contribution in [0.4, 0.5) is 0 Å². The van der Waals surface area contributed by atoms with Crippen LogP contribution in [0.3, 0.4) is 0 Å². The minimum absolute atomic E-state index is 0. The molecule has 0 radical (unpaired) electrons. The molecule has 9 heavy (non-hydrogen) atoms. The molecule has 3 N–H and O–H groups in total. The van der Waals surface area contributed by atoms with E-state index in [9.17, 15) is 0 Å². The Kier molecular flexibility index (Phi) is 19.4. The van der Waals surface area contributed by atoms with E-state index in [-0.39, 0.29) is 37.6 Å². The molecular formula is C5H13AsN2S. The fraction of sp³-hybridized carbons (Fsp3) is 0. The van der Waals surface area contributed by atoms with Crippen LogP contribution in [0.15, 0.2) is 30.6 Å². The third kappa shape index (κ3) is 8.02. The second-order valence-electron chi connectivity index (χ2n) is 1.02. The summed E-state index contributed by atoms with van der Waals surface area (Å²) in [5, 5.41) is 0. The van der Waals surface area contributed by atoms with Gasteiger partial charge in [-0.15, -0.1) is 0 Å². The molecule has 1 heterocycles. The molecule has 0 amide bonds. The van der Waals surface area contributed by atoms with Gasteiger partial charge in [-0.2, -0.15) is 13.5 Å². The average molecular weight is 208 g/mol. The largest absolute Gasteiger partial charge is 0.265 e. The van der Waals surface area contributed by atoms with Crippen LogP contribution in [-0.4, -0.2) is 22.9 Å². The Morgan fingerprint density at radius 1 is 0.889 bits per heavy atom. The Hall–Kier alpha value is 0.0184. The van der Waals surface area contributed by atoms with Crippen LogP contribution in [0.1, 0.15) is 0 Å². The molecule has 0 fully saturated rings. The number of nitrogens with zero attached hydrogens (tertiary/aromatic N) is 1. The summed E-state index contributed by atoms with van der Waals surface area (Å²) in [4.78, 5) is 3.78. The van der Waals surface area contributed by atoms with E-state index >= 15 is 0 Å². The molecule has 0 aliphatic heterocycles. The second-order valence-corrected chi connectivity index (χ2v) is 1.02. The first-order chi connectivity index (χ1) is 3.00. The van der Waals surface area contributed by atoms with Gasteiger partial charge in [-0.1, -0.05) is 6.07 Å². The van der Waals surface area contributed by atoms with Crippen LogP contribution < -0.4 is 6.15 Å². The van der Waals surface area contributed by atoms with E-state index < -0.39 is 0 Å². The number of pyridine rings is 1. The van der Waals surface area contributed by atoms with Crippen molar-refractivity contribution in [3.8, 4) is 0 Å². The van der Waals surface area contributed by atoms with E-state index in [1.165, 1.54) is 0 Å². The minimum atomic E-state index is 0. The molecule has 0 spiro atoms. The predicted molar refractivity (Wildman–Crippen MR) is 49.6 cm³/mol. The van der Waals surface area contributed by atoms with Crippen molar-refractivity contribution < 1.29 is 0 Å². The summed E-state index contributed by atoms with van der Waals surface area (Å²) in [6.45, 7) is 0. The number of hydrogen-bond acceptors (Lipinski definition) is 2. The van der Waals surface area contributed by atoms with Crippen LogP contribution in [0.25, 0.3) is 0 Å². The van der Waals surface area contributed by atoms with Gasteiger partial charge in [-0.05, 0) is 12.1 Å². The Balaban J connectivity index is -0.000000120. The Labute approximate surface area is 73.4 Å². The van der Waals surface area contributed by atoms with Crippen molar-refractivity contribution in [3.63, 3.8) is 0 Å². The molecule has 2 nitrogen and oxygen atoms in total. The van der Waals surface area contributed by atoms with Gasteiger partial charge < -0.3 is 6.15 Å². The number of hydrogen-bond donors (Lipinski definition) is 1. The zero-order valence-corrected chi connectivity index (χ0v) is 9.22. The Morgan fingerprint density at radius 2 is 1.33 bits per heavy atom. The molecule has 1 unspecified atom stereocenters. The number of aromatic nitrogens is 1. The summed E-state index contributed by atoms with van der Waals surface area (Å²) in [5.74, 6) is 0. The average Bonchev–Trinajstić information content (AvgIpc) is 1.72. The summed E-state index contributed by atoms with van der Waals surface area (Å²) >= 11 is 0. The van der Waals surface area contributed by atoms with Gasteiger partial charge in [0.2, 0.25) is 0 Å². The van der Waals surface area contributed by atoms with Gasteiger partial charge >= 0.3 is 18.0 Å². The molecule has 1 atom stereocenters. The maximum absolute atomic E-state index is 3.78. The van der Waals surface area contributed by atoms with Crippen molar-refractivity contribution in [3.05, 3.63) is 30.6 Å². The van der Waals surface area contributed by atoms with E-state index in [4.69, 9.17) is 0 Å². The van der Waals surface area contributed by atoms with Crippen molar-refractivity contribution >= 4 is 31.4 Å². The van der Waals surface area contributed by atoms with Crippen molar-refractivity contribution in [1.29, 1.82) is 0 Å². The molecule has 0 saturated carbocycles. The molecule has 1 rings (SSSR count). The van der Waals surface area contributed by atoms with Crippen molar-refractivity contribution in [1.82, 2.24) is 11.1 Å². The maximum atomic E-state index is 3.78. The molecule has 0 saturated heterocycles. The molecule has 0 aromatic carbocycles. The van der Waals surface area contributed by atoms with Crippen LogP contribution >= 0.6 is 13.5 Å². The first kappa shape index (κ1) is 16.0. The third-order valence-corrected chi connectivity index (χ3v) is 0.566. The first-order valence-electron chi connectivity index (χ1n) is 1.85. The van der Waals surface area contributed by atoms with Gasteiger partial charge in [0, 0.05) is 12.4 Å². The predicted octanol–water partition coefficient (Wildman–Crippen LogP) is 0.172. The molecular weight excluding hydrogens is 195 g/mol. The Morgan fingerprint density at radius 3 is 1.44 bits per heavy atom. The van der Waals surface area contributed by atoms with Gasteiger partial charge in [0.15, 0.2) is 0 Å². The van der Waals surface area contributed by atoms with Gasteiger partial charge in [-0.25, -0.2) is 0 Å². The van der Waals surface area contributed by atoms with Crippen molar-refractivity contribution in [2.24, 2.45) is 0 Å². The summed E-state index contributed by atoms with van der Waals surface area (Å²) in [6, 6.07) is 5.72. The van der Waals surface area contributed by atoms with Crippen LogP contribution in [0.2, 0.25) is 0 Å². The zero-order chi connectivity index (χ0) is 4.24. The standard InChI is InChI=1S/C5H5N.AsH3.H3N.H2S/c1-2-4-6-5-3-1;;;/h1-5H;2*1H3;1H2. The van der Waals surface area contributed by atoms with Crippen LogP contribution in [0.5, 0.6) is 0 Å². The third-order valence-electron chi connectivity index (χ3n) is 0.566. The molecule has 0 aliphatic rings. The molecule has 54 valence electrons. The quantitative estimate of drug-likeness (QED) is 0.618. The van der Waals surface area contributed by atoms with Gasteiger partial charge in [0.1, 0.15) is 0 Å². The maximum Gasteiger partial charge on any atom is 0.0267 e. The van der Waals surface area contributed by atoms with E-state index in [2.05, 4.69) is 4.98 Å². The normalized spacial score (nSPS) is 5.33. The Bertz CT molecular complexity index is 86.9. The van der Waals surface area contributed by atoms with E-state index in [1.54, 1.807) is 12.4 Å². The van der Waals surface area contributed by atoms with E-state index in [0.717, 1.165) is 0 Å².